The molecule has 31 heavy (non-hydrogen) atoms. The van der Waals surface area contributed by atoms with Gasteiger partial charge in [-0.05, 0) is 29.9 Å². The van der Waals surface area contributed by atoms with Crippen LogP contribution in [-0.4, -0.2) is 49.3 Å². The molecule has 1 fully saturated rings. The fraction of sp³-hybridized carbons (Fsp3) is 0.652. The molecular weight excluding hydrogens is 404 g/mol. The minimum absolute atomic E-state index is 0.0334. The third-order valence-corrected chi connectivity index (χ3v) is 5.58. The first-order valence-corrected chi connectivity index (χ1v) is 10.6. The summed E-state index contributed by atoms with van der Waals surface area (Å²) in [7, 11) is 0. The van der Waals surface area contributed by atoms with Crippen molar-refractivity contribution in [2.45, 2.75) is 66.1 Å². The van der Waals surface area contributed by atoms with E-state index in [1.165, 1.54) is 13.8 Å². The third-order valence-electron chi connectivity index (χ3n) is 5.58. The van der Waals surface area contributed by atoms with E-state index in [0.29, 0.717) is 19.3 Å². The largest absolute Gasteiger partial charge is 0.466 e. The Morgan fingerprint density at radius 2 is 1.81 bits per heavy atom. The van der Waals surface area contributed by atoms with Crippen LogP contribution in [0.3, 0.4) is 0 Å². The number of hydrogen-bond acceptors (Lipinski definition) is 8. The molecule has 172 valence electrons. The van der Waals surface area contributed by atoms with E-state index in [4.69, 9.17) is 18.9 Å². The lowest BCUT2D eigenvalue weighted by Crippen LogP contribution is -2.41. The maximum Gasteiger partial charge on any atom is 0.334 e. The SMILES string of the molecule is C=C1C(=O)OC2CC(COC(=O)C(C)C)=C(C(C)CCCOC(C)=O)[C@H](OC(C)=O)C12. The number of ether oxygens (including phenoxy) is 4. The predicted molar refractivity (Wildman–Crippen MR) is 111 cm³/mol. The van der Waals surface area contributed by atoms with Crippen LogP contribution in [0, 0.1) is 17.8 Å². The summed E-state index contributed by atoms with van der Waals surface area (Å²) in [4.78, 5) is 47.1. The lowest BCUT2D eigenvalue weighted by molar-refractivity contribution is -0.151. The van der Waals surface area contributed by atoms with Crippen LogP contribution in [0.5, 0.6) is 0 Å². The second kappa shape index (κ2) is 10.6. The van der Waals surface area contributed by atoms with Gasteiger partial charge in [0.2, 0.25) is 0 Å². The van der Waals surface area contributed by atoms with E-state index in [1.54, 1.807) is 13.8 Å². The van der Waals surface area contributed by atoms with Gasteiger partial charge in [-0.2, -0.15) is 0 Å². The second-order valence-electron chi connectivity index (χ2n) is 8.43. The Balaban J connectivity index is 2.35. The van der Waals surface area contributed by atoms with Gasteiger partial charge in [-0.3, -0.25) is 14.4 Å². The van der Waals surface area contributed by atoms with Crippen LogP contribution in [0.2, 0.25) is 0 Å². The maximum atomic E-state index is 12.2. The van der Waals surface area contributed by atoms with E-state index < -0.39 is 30.1 Å². The number of carbonyl (C=O) groups is 4. The van der Waals surface area contributed by atoms with E-state index in [0.717, 1.165) is 11.1 Å². The fourth-order valence-corrected chi connectivity index (χ4v) is 4.12. The molecule has 0 saturated carbocycles. The van der Waals surface area contributed by atoms with E-state index in [9.17, 15) is 19.2 Å². The molecule has 2 rings (SSSR count). The lowest BCUT2D eigenvalue weighted by Gasteiger charge is -2.38. The second-order valence-corrected chi connectivity index (χ2v) is 8.43. The molecule has 8 heteroatoms. The van der Waals surface area contributed by atoms with Crippen molar-refractivity contribution in [3.05, 3.63) is 23.3 Å². The van der Waals surface area contributed by atoms with Crippen molar-refractivity contribution in [1.29, 1.82) is 0 Å². The molecule has 1 heterocycles. The number of carbonyl (C=O) groups excluding carboxylic acids is 4. The van der Waals surface area contributed by atoms with Crippen LogP contribution in [0.4, 0.5) is 0 Å². The maximum absolute atomic E-state index is 12.2. The van der Waals surface area contributed by atoms with Crippen molar-refractivity contribution in [3.8, 4) is 0 Å². The molecule has 1 saturated heterocycles. The minimum Gasteiger partial charge on any atom is -0.466 e. The van der Waals surface area contributed by atoms with Crippen LogP contribution >= 0.6 is 0 Å². The van der Waals surface area contributed by atoms with Crippen molar-refractivity contribution in [2.75, 3.05) is 13.2 Å². The Morgan fingerprint density at radius 3 is 2.39 bits per heavy atom. The highest BCUT2D eigenvalue weighted by Crippen LogP contribution is 2.45. The van der Waals surface area contributed by atoms with Gasteiger partial charge in [0.1, 0.15) is 18.8 Å². The molecule has 0 spiro atoms. The molecule has 0 bridgehead atoms. The number of rotatable bonds is 9. The van der Waals surface area contributed by atoms with Gasteiger partial charge < -0.3 is 18.9 Å². The van der Waals surface area contributed by atoms with Crippen molar-refractivity contribution >= 4 is 23.9 Å². The first-order valence-electron chi connectivity index (χ1n) is 10.6. The highest BCUT2D eigenvalue weighted by molar-refractivity contribution is 5.91. The van der Waals surface area contributed by atoms with Gasteiger partial charge in [-0.15, -0.1) is 0 Å². The van der Waals surface area contributed by atoms with Crippen LogP contribution in [0.15, 0.2) is 23.3 Å². The summed E-state index contributed by atoms with van der Waals surface area (Å²) < 4.78 is 21.6. The van der Waals surface area contributed by atoms with Crippen LogP contribution in [0.25, 0.3) is 0 Å². The molecule has 1 aliphatic heterocycles. The highest BCUT2D eigenvalue weighted by Gasteiger charge is 2.50. The molecule has 4 atom stereocenters. The van der Waals surface area contributed by atoms with Gasteiger partial charge in [0.25, 0.3) is 0 Å². The van der Waals surface area contributed by atoms with Crippen molar-refractivity contribution < 1.29 is 38.1 Å². The van der Waals surface area contributed by atoms with E-state index in [1.807, 2.05) is 6.92 Å². The molecule has 0 radical (unpaired) electrons. The smallest absolute Gasteiger partial charge is 0.334 e. The quantitative estimate of drug-likeness (QED) is 0.179. The zero-order chi connectivity index (χ0) is 23.3. The standard InChI is InChI=1S/C23H32O8/c1-12(2)22(26)29-11-17-10-18-20(14(4)23(27)31-18)21(30-16(6)25)19(17)13(3)8-7-9-28-15(5)24/h12-13,18,20-21H,4,7-11H2,1-3,5-6H3/t13?,18?,20?,21-/m0/s1. The van der Waals surface area contributed by atoms with Gasteiger partial charge in [-0.25, -0.2) is 4.79 Å². The Hall–Kier alpha value is -2.64. The Morgan fingerprint density at radius 1 is 1.13 bits per heavy atom. The highest BCUT2D eigenvalue weighted by atomic mass is 16.6. The normalized spacial score (nSPS) is 23.9. The van der Waals surface area contributed by atoms with E-state index in [2.05, 4.69) is 6.58 Å². The van der Waals surface area contributed by atoms with E-state index >= 15 is 0 Å². The van der Waals surface area contributed by atoms with Crippen molar-refractivity contribution in [2.24, 2.45) is 17.8 Å². The van der Waals surface area contributed by atoms with Crippen LogP contribution in [-0.2, 0) is 38.1 Å². The first-order chi connectivity index (χ1) is 14.5. The van der Waals surface area contributed by atoms with Gasteiger partial charge >= 0.3 is 23.9 Å². The summed E-state index contributed by atoms with van der Waals surface area (Å²) in [6.07, 6.45) is 0.393. The lowest BCUT2D eigenvalue weighted by atomic mass is 9.73. The van der Waals surface area contributed by atoms with Crippen LogP contribution in [0.1, 0.15) is 53.9 Å². The molecular formula is C23H32O8. The molecule has 0 N–H and O–H groups in total. The molecule has 2 aliphatic rings. The minimum atomic E-state index is -0.730. The van der Waals surface area contributed by atoms with Gasteiger partial charge in [0.05, 0.1) is 18.4 Å². The monoisotopic (exact) mass is 436 g/mol. The summed E-state index contributed by atoms with van der Waals surface area (Å²) in [5.74, 6) is -2.51. The Bertz CT molecular complexity index is 778. The number of esters is 4. The van der Waals surface area contributed by atoms with Gasteiger partial charge in [-0.1, -0.05) is 27.4 Å². The van der Waals surface area contributed by atoms with Crippen LogP contribution < -0.4 is 0 Å². The molecule has 3 unspecified atom stereocenters. The topological polar surface area (TPSA) is 105 Å². The third kappa shape index (κ3) is 6.18. The summed E-state index contributed by atoms with van der Waals surface area (Å²) in [5, 5.41) is 0. The number of hydrogen-bond donors (Lipinski definition) is 0. The molecule has 1 aliphatic carbocycles. The molecule has 0 amide bonds. The number of fused-ring (bicyclic) bond motifs is 1. The summed E-state index contributed by atoms with van der Waals surface area (Å²) >= 11 is 0. The molecule has 0 aromatic heterocycles. The first kappa shape index (κ1) is 24.6. The van der Waals surface area contributed by atoms with Crippen molar-refractivity contribution in [1.82, 2.24) is 0 Å². The fourth-order valence-electron chi connectivity index (χ4n) is 4.12. The summed E-state index contributed by atoms with van der Waals surface area (Å²) in [6.45, 7) is 12.3. The molecule has 0 aromatic carbocycles. The van der Waals surface area contributed by atoms with Gasteiger partial charge in [0, 0.05) is 25.8 Å². The summed E-state index contributed by atoms with van der Waals surface area (Å²) in [5.41, 5.74) is 1.87. The molecule has 0 aromatic rings. The zero-order valence-electron chi connectivity index (χ0n) is 18.9. The zero-order valence-corrected chi connectivity index (χ0v) is 18.9. The predicted octanol–water partition coefficient (Wildman–Crippen LogP) is 2.89. The molecule has 8 nitrogen and oxygen atoms in total. The van der Waals surface area contributed by atoms with Gasteiger partial charge in [0.15, 0.2) is 0 Å². The van der Waals surface area contributed by atoms with E-state index in [-0.39, 0.29) is 42.6 Å². The Kier molecular flexibility index (Phi) is 8.42. The van der Waals surface area contributed by atoms with Crippen molar-refractivity contribution in [3.63, 3.8) is 0 Å². The summed E-state index contributed by atoms with van der Waals surface area (Å²) in [6, 6.07) is 0. The average molecular weight is 437 g/mol. The Labute approximate surface area is 182 Å². The average Bonchev–Trinajstić information content (AvgIpc) is 2.96.